The zero-order valence-corrected chi connectivity index (χ0v) is 11.3. The number of carbonyl (C=O) groups excluding carboxylic acids is 1. The quantitative estimate of drug-likeness (QED) is 0.670. The molecule has 0 spiro atoms. The molecule has 8 heavy (non-hydrogen) atoms. The molecule has 0 aliphatic rings. The Bertz CT molecular complexity index is 67.1. The third-order valence-electron chi connectivity index (χ3n) is 0.437. The molecular weight excluding hydrogens is 361 g/mol. The molecule has 0 radical (unpaired) electrons. The van der Waals surface area contributed by atoms with E-state index < -0.39 is 6.09 Å². The van der Waals surface area contributed by atoms with E-state index in [9.17, 15) is 4.79 Å². The Hall–Kier alpha value is -1.73. The summed E-state index contributed by atoms with van der Waals surface area (Å²) in [6, 6.07) is 0. The van der Waals surface area contributed by atoms with Gasteiger partial charge in [-0.15, -0.1) is 0 Å². The molecular formula is C4H8NO2Rf-. The van der Waals surface area contributed by atoms with Crippen molar-refractivity contribution in [2.24, 2.45) is 0 Å². The largest absolute Gasteiger partial charge is 0.483 e. The van der Waals surface area contributed by atoms with Gasteiger partial charge < -0.3 is 17.0 Å². The molecule has 3 nitrogen and oxygen atoms in total. The normalized spacial score (nSPS) is 6.75. The van der Waals surface area contributed by atoms with E-state index in [1.165, 1.54) is 7.05 Å². The van der Waals surface area contributed by atoms with Gasteiger partial charge >= 0.3 is 6.09 Å². The fraction of sp³-hybridized carbons (Fsp3) is 0.500. The van der Waals surface area contributed by atoms with Crippen LogP contribution in [0.5, 0.6) is 0 Å². The summed E-state index contributed by atoms with van der Waals surface area (Å²) in [7, 11) is 1.50. The van der Waals surface area contributed by atoms with Crippen LogP contribution in [0.1, 0.15) is 0 Å². The third-order valence-corrected chi connectivity index (χ3v) is 0.437. The summed E-state index contributed by atoms with van der Waals surface area (Å²) in [5.74, 6) is 0. The fourth-order valence-corrected chi connectivity index (χ4v) is 0.165. The van der Waals surface area contributed by atoms with Crippen LogP contribution in [-0.2, 0) is 4.74 Å². The molecule has 4 heteroatoms. The van der Waals surface area contributed by atoms with Gasteiger partial charge in [0, 0.05) is 7.05 Å². The van der Waals surface area contributed by atoms with Crippen LogP contribution in [0.25, 0.3) is 0 Å². The standard InChI is InChI=1S/C4H8NO2.Rf/c1-3-7-4(6)5-2;/h1,3H2,2H3,(H,5,6);/q-1;. The fourth-order valence-electron chi connectivity index (χ4n) is 0.165. The van der Waals surface area contributed by atoms with Crippen LogP contribution in [0.2, 0.25) is 0 Å². The van der Waals surface area contributed by atoms with E-state index in [4.69, 9.17) is 0 Å². The van der Waals surface area contributed by atoms with Gasteiger partial charge in [0.25, 0.3) is 0 Å². The van der Waals surface area contributed by atoms with Crippen LogP contribution in [0.4, 0.5) is 4.79 Å². The summed E-state index contributed by atoms with van der Waals surface area (Å²) >= 11 is 0. The smallest absolute Gasteiger partial charge is 0.404 e. The van der Waals surface area contributed by atoms with Crippen LogP contribution in [0.15, 0.2) is 0 Å². The van der Waals surface area contributed by atoms with E-state index >= 15 is 0 Å². The van der Waals surface area contributed by atoms with Crippen LogP contribution >= 0.6 is 0 Å². The van der Waals surface area contributed by atoms with E-state index in [1.807, 2.05) is 0 Å². The summed E-state index contributed by atoms with van der Waals surface area (Å²) in [5.41, 5.74) is 0. The molecule has 0 saturated carbocycles. The van der Waals surface area contributed by atoms with Crippen molar-refractivity contribution in [2.45, 2.75) is 0 Å². The van der Waals surface area contributed by atoms with Crippen molar-refractivity contribution in [3.63, 3.8) is 0 Å². The SMILES string of the molecule is [CH2-]COC(=O)NC.[Rf]. The molecule has 0 atom stereocenters. The van der Waals surface area contributed by atoms with Gasteiger partial charge in [-0.3, -0.25) is 0 Å². The Kier molecular flexibility index (Phi) is 6.29. The van der Waals surface area contributed by atoms with E-state index in [2.05, 4.69) is 17.0 Å². The predicted octanol–water partition coefficient (Wildman–Crippen LogP) is 0.176. The Labute approximate surface area is 42.7 Å². The minimum atomic E-state index is -0.435. The van der Waals surface area contributed by atoms with E-state index in [1.54, 1.807) is 0 Å². The van der Waals surface area contributed by atoms with E-state index in [0.29, 0.717) is 0 Å². The molecule has 0 aromatic rings. The van der Waals surface area contributed by atoms with Gasteiger partial charge in [0.1, 0.15) is 0 Å². The van der Waals surface area contributed by atoms with Gasteiger partial charge in [0.05, 0.1) is 0 Å². The van der Waals surface area contributed by atoms with Crippen LogP contribution in [0, 0.1) is 6.92 Å². The molecule has 0 saturated heterocycles. The number of hydrogen-bond donors (Lipinski definition) is 1. The van der Waals surface area contributed by atoms with Gasteiger partial charge in [-0.1, -0.05) is 0 Å². The molecule has 0 fully saturated rings. The van der Waals surface area contributed by atoms with Gasteiger partial charge in [-0.2, -0.15) is 0 Å². The first-order valence-electron chi connectivity index (χ1n) is 1.95. The molecule has 0 rings (SSSR count). The monoisotopic (exact) mass is 369 g/mol. The molecule has 0 bridgehead atoms. The minimum absolute atomic E-state index is 0. The Morgan fingerprint density at radius 2 is 2.38 bits per heavy atom. The van der Waals surface area contributed by atoms with Gasteiger partial charge in [0.2, 0.25) is 0 Å². The zero-order valence-electron chi connectivity index (χ0n) is 4.94. The first-order valence-corrected chi connectivity index (χ1v) is 1.95. The predicted molar refractivity (Wildman–Crippen MR) is 25.8 cm³/mol. The average Bonchev–Trinajstić information content (AvgIpc) is 1.68. The van der Waals surface area contributed by atoms with Gasteiger partial charge in [-0.25, -0.2) is 4.79 Å². The number of ether oxygens (including phenoxy) is 1. The van der Waals surface area contributed by atoms with E-state index in [0.717, 1.165) is 0 Å². The number of amides is 1. The zero-order chi connectivity index (χ0) is 5.70. The minimum Gasteiger partial charge on any atom is -0.483 e. The Balaban J connectivity index is 0. The van der Waals surface area contributed by atoms with Crippen molar-refractivity contribution in [3.8, 4) is 0 Å². The van der Waals surface area contributed by atoms with Crippen LogP contribution < -0.4 is 5.32 Å². The molecule has 0 aliphatic heterocycles. The topological polar surface area (TPSA) is 38.3 Å². The summed E-state index contributed by atoms with van der Waals surface area (Å²) < 4.78 is 4.33. The molecule has 0 unspecified atom stereocenters. The maximum atomic E-state index is 10.0. The second-order valence-corrected chi connectivity index (χ2v) is 0.886. The summed E-state index contributed by atoms with van der Waals surface area (Å²) in [5, 5.41) is 2.26. The first-order chi connectivity index (χ1) is 3.31. The number of carbonyl (C=O) groups is 1. The molecule has 44 valence electrons. The first kappa shape index (κ1) is 9.55. The van der Waals surface area contributed by atoms with Crippen LogP contribution in [0.3, 0.4) is 0 Å². The maximum Gasteiger partial charge on any atom is 0.404 e. The van der Waals surface area contributed by atoms with Gasteiger partial charge in [0.15, 0.2) is 0 Å². The van der Waals surface area contributed by atoms with Crippen molar-refractivity contribution >= 4 is 6.09 Å². The number of nitrogens with one attached hydrogen (secondary N) is 1. The second kappa shape index (κ2) is 5.27. The molecule has 0 aliphatic carbocycles. The molecule has 0 aromatic heterocycles. The molecule has 1 amide bonds. The Morgan fingerprint density at radius 1 is 1.88 bits per heavy atom. The van der Waals surface area contributed by atoms with Crippen molar-refractivity contribution in [2.75, 3.05) is 13.7 Å². The number of rotatable bonds is 1. The second-order valence-electron chi connectivity index (χ2n) is 0.886. The number of alkyl carbamates (subject to hydrolysis) is 1. The van der Waals surface area contributed by atoms with Gasteiger partial charge in [-0.05, 0) is 6.61 Å². The van der Waals surface area contributed by atoms with Crippen LogP contribution in [-0.4, -0.2) is 19.7 Å². The molecule has 1 N–H and O–H groups in total. The van der Waals surface area contributed by atoms with Crippen molar-refractivity contribution in [3.05, 3.63) is 6.92 Å². The number of hydrogen-bond acceptors (Lipinski definition) is 2. The van der Waals surface area contributed by atoms with Crippen molar-refractivity contribution < 1.29 is 9.53 Å². The van der Waals surface area contributed by atoms with Crippen molar-refractivity contribution in [1.82, 2.24) is 5.32 Å². The summed E-state index contributed by atoms with van der Waals surface area (Å²) in [4.78, 5) is 10.0. The Morgan fingerprint density at radius 3 is 2.50 bits per heavy atom. The van der Waals surface area contributed by atoms with E-state index in [-0.39, 0.29) is 6.61 Å². The maximum absolute atomic E-state index is 10.0. The summed E-state index contributed by atoms with van der Waals surface area (Å²) in [6.45, 7) is 3.47. The molecule has 0 heterocycles. The molecule has 0 aromatic carbocycles. The van der Waals surface area contributed by atoms with Crippen molar-refractivity contribution in [1.29, 1.82) is 0 Å². The average molecular weight is 369 g/mol. The third kappa shape index (κ3) is 4.27. The summed E-state index contributed by atoms with van der Waals surface area (Å²) in [6.07, 6.45) is -0.435.